The van der Waals surface area contributed by atoms with E-state index in [1.54, 1.807) is 0 Å². The van der Waals surface area contributed by atoms with Crippen LogP contribution < -0.4 is 10.6 Å². The first-order valence-electron chi connectivity index (χ1n) is 6.46. The lowest BCUT2D eigenvalue weighted by Gasteiger charge is -2.23. The summed E-state index contributed by atoms with van der Waals surface area (Å²) in [6.07, 6.45) is 0. The van der Waals surface area contributed by atoms with Crippen LogP contribution in [0.2, 0.25) is 0 Å². The lowest BCUT2D eigenvalue weighted by molar-refractivity contribution is -0.125. The number of rotatable bonds is 4. The molecule has 0 aliphatic rings. The molecule has 2 N–H and O–H groups in total. The Hall–Kier alpha value is -0.580. The number of amides is 1. The molecule has 1 rings (SSSR count). The molecule has 1 aromatic carbocycles. The smallest absolute Gasteiger partial charge is 0.232 e. The van der Waals surface area contributed by atoms with Crippen LogP contribution in [0, 0.1) is 5.92 Å². The van der Waals surface area contributed by atoms with Gasteiger partial charge in [0.05, 0.1) is 12.0 Å². The van der Waals surface area contributed by atoms with Gasteiger partial charge in [-0.25, -0.2) is 4.39 Å². The number of hydrogen-bond donors (Lipinski definition) is 2. The van der Waals surface area contributed by atoms with Crippen molar-refractivity contribution in [1.29, 1.82) is 0 Å². The molecule has 0 aliphatic carbocycles. The first-order chi connectivity index (χ1) is 9.61. The molecule has 0 saturated carbocycles. The van der Waals surface area contributed by atoms with Gasteiger partial charge in [0.1, 0.15) is 5.41 Å². The van der Waals surface area contributed by atoms with Gasteiger partial charge in [-0.2, -0.15) is 0 Å². The molecule has 0 radical (unpaired) electrons. The summed E-state index contributed by atoms with van der Waals surface area (Å²) in [6.45, 7) is 4.78. The fraction of sp³-hybridized carbons (Fsp3) is 0.429. The van der Waals surface area contributed by atoms with Gasteiger partial charge >= 0.3 is 0 Å². The second-order valence-electron chi connectivity index (χ2n) is 5.11. The van der Waals surface area contributed by atoms with Gasteiger partial charge < -0.3 is 10.6 Å². The van der Waals surface area contributed by atoms with Crippen molar-refractivity contribution >= 4 is 48.4 Å². The number of alkyl halides is 1. The monoisotopic (exact) mass is 392 g/mol. The van der Waals surface area contributed by atoms with Crippen LogP contribution in [-0.2, 0) is 4.79 Å². The molecule has 0 saturated heterocycles. The maximum atomic E-state index is 13.7. The Balaban J connectivity index is 2.57. The SMILES string of the molecule is CC(C(=O)NC(=S)N[C@@H](C)c1ccc(Br)cc1)C(C)(F)P. The molecule has 4 atom stereocenters. The maximum absolute atomic E-state index is 13.7. The van der Waals surface area contributed by atoms with Gasteiger partial charge in [0, 0.05) is 4.47 Å². The molecule has 0 heterocycles. The van der Waals surface area contributed by atoms with Crippen molar-refractivity contribution in [2.45, 2.75) is 32.2 Å². The molecule has 21 heavy (non-hydrogen) atoms. The third kappa shape index (κ3) is 5.97. The zero-order valence-corrected chi connectivity index (χ0v) is 15.7. The molecular weight excluding hydrogens is 374 g/mol. The summed E-state index contributed by atoms with van der Waals surface area (Å²) in [6, 6.07) is 7.71. The molecule has 0 aromatic heterocycles. The Bertz CT molecular complexity index is 519. The van der Waals surface area contributed by atoms with Crippen molar-refractivity contribution in [3.63, 3.8) is 0 Å². The first kappa shape index (κ1) is 18.5. The van der Waals surface area contributed by atoms with Crippen LogP contribution in [0.5, 0.6) is 0 Å². The van der Waals surface area contributed by atoms with Gasteiger partial charge in [-0.3, -0.25) is 4.79 Å². The van der Waals surface area contributed by atoms with Gasteiger partial charge in [0.25, 0.3) is 0 Å². The fourth-order valence-corrected chi connectivity index (χ4v) is 2.24. The van der Waals surface area contributed by atoms with Crippen molar-refractivity contribution in [3.05, 3.63) is 34.3 Å². The number of carbonyl (C=O) groups excluding carboxylic acids is 1. The van der Waals surface area contributed by atoms with Crippen molar-refractivity contribution in [3.8, 4) is 0 Å². The average molecular weight is 393 g/mol. The average Bonchev–Trinajstić information content (AvgIpc) is 2.37. The minimum atomic E-state index is -1.67. The summed E-state index contributed by atoms with van der Waals surface area (Å²) in [7, 11) is 2.02. The van der Waals surface area contributed by atoms with Gasteiger partial charge in [0.2, 0.25) is 5.91 Å². The number of thiocarbonyl (C=S) groups is 1. The van der Waals surface area contributed by atoms with Crippen molar-refractivity contribution in [2.75, 3.05) is 0 Å². The van der Waals surface area contributed by atoms with Crippen molar-refractivity contribution in [2.24, 2.45) is 5.92 Å². The van der Waals surface area contributed by atoms with Crippen LogP contribution in [0.3, 0.4) is 0 Å². The summed E-state index contributed by atoms with van der Waals surface area (Å²) in [5.41, 5.74) is 1.03. The van der Waals surface area contributed by atoms with Gasteiger partial charge in [-0.15, -0.1) is 0 Å². The minimum absolute atomic E-state index is 0.0611. The third-order valence-electron chi connectivity index (χ3n) is 3.19. The van der Waals surface area contributed by atoms with Crippen LogP contribution in [0.1, 0.15) is 32.4 Å². The second kappa shape index (κ2) is 7.61. The van der Waals surface area contributed by atoms with E-state index in [0.29, 0.717) is 0 Å². The summed E-state index contributed by atoms with van der Waals surface area (Å²) >= 11 is 8.46. The highest BCUT2D eigenvalue weighted by Gasteiger charge is 2.31. The maximum Gasteiger partial charge on any atom is 0.232 e. The molecule has 3 unspecified atom stereocenters. The number of benzene rings is 1. The Morgan fingerprint density at radius 1 is 1.38 bits per heavy atom. The largest absolute Gasteiger partial charge is 0.356 e. The summed E-state index contributed by atoms with van der Waals surface area (Å²) in [5.74, 6) is -1.26. The number of nitrogens with one attached hydrogen (secondary N) is 2. The summed E-state index contributed by atoms with van der Waals surface area (Å²) in [5, 5.41) is 4.05. The van der Waals surface area contributed by atoms with Crippen LogP contribution >= 0.6 is 37.4 Å². The van der Waals surface area contributed by atoms with Gasteiger partial charge in [-0.05, 0) is 43.8 Å². The quantitative estimate of drug-likeness (QED) is 0.606. The van der Waals surface area contributed by atoms with E-state index in [1.165, 1.54) is 13.8 Å². The Morgan fingerprint density at radius 3 is 2.38 bits per heavy atom. The van der Waals surface area contributed by atoms with Crippen LogP contribution in [-0.4, -0.2) is 16.4 Å². The number of carbonyl (C=O) groups is 1. The molecular formula is C14H19BrFN2OPS. The van der Waals surface area contributed by atoms with E-state index in [9.17, 15) is 9.18 Å². The topological polar surface area (TPSA) is 41.1 Å². The molecule has 1 amide bonds. The molecule has 116 valence electrons. The zero-order chi connectivity index (χ0) is 16.2. The van der Waals surface area contributed by atoms with Gasteiger partial charge in [-0.1, -0.05) is 44.2 Å². The predicted molar refractivity (Wildman–Crippen MR) is 94.8 cm³/mol. The third-order valence-corrected chi connectivity index (χ3v) is 4.44. The lowest BCUT2D eigenvalue weighted by Crippen LogP contribution is -2.45. The van der Waals surface area contributed by atoms with E-state index in [-0.39, 0.29) is 11.2 Å². The Labute approximate surface area is 140 Å². The predicted octanol–water partition coefficient (Wildman–Crippen LogP) is 3.70. The standard InChI is InChI=1S/C14H19BrFN2OPS/c1-8(14(3,16)20)12(19)18-13(21)17-9(2)10-4-6-11(15)7-5-10/h4-9H,20H2,1-3H3,(H2,17,18,19,21)/t8?,9-,14?/m0/s1. The molecule has 7 heteroatoms. The van der Waals surface area contributed by atoms with E-state index >= 15 is 0 Å². The molecule has 0 bridgehead atoms. The zero-order valence-electron chi connectivity index (χ0n) is 12.1. The van der Waals surface area contributed by atoms with E-state index in [1.807, 2.05) is 40.4 Å². The van der Waals surface area contributed by atoms with E-state index in [4.69, 9.17) is 12.2 Å². The van der Waals surface area contributed by atoms with E-state index < -0.39 is 17.2 Å². The van der Waals surface area contributed by atoms with Crippen LogP contribution in [0.4, 0.5) is 4.39 Å². The highest BCUT2D eigenvalue weighted by molar-refractivity contribution is 9.10. The van der Waals surface area contributed by atoms with Crippen LogP contribution in [0.25, 0.3) is 0 Å². The summed E-state index contributed by atoms with van der Waals surface area (Å²) < 4.78 is 14.7. The highest BCUT2D eigenvalue weighted by Crippen LogP contribution is 2.28. The Morgan fingerprint density at radius 2 is 1.90 bits per heavy atom. The molecule has 0 fully saturated rings. The number of hydrogen-bond acceptors (Lipinski definition) is 2. The molecule has 0 spiro atoms. The van der Waals surface area contributed by atoms with Gasteiger partial charge in [0.15, 0.2) is 5.11 Å². The minimum Gasteiger partial charge on any atom is -0.356 e. The summed E-state index contributed by atoms with van der Waals surface area (Å²) in [4.78, 5) is 11.9. The normalized spacial score (nSPS) is 16.5. The van der Waals surface area contributed by atoms with Crippen molar-refractivity contribution in [1.82, 2.24) is 10.6 Å². The van der Waals surface area contributed by atoms with E-state index in [2.05, 4.69) is 26.6 Å². The van der Waals surface area contributed by atoms with Crippen LogP contribution in [0.15, 0.2) is 28.7 Å². The first-order valence-corrected chi connectivity index (χ1v) is 8.23. The fourth-order valence-electron chi connectivity index (χ4n) is 1.54. The van der Waals surface area contributed by atoms with E-state index in [0.717, 1.165) is 10.0 Å². The lowest BCUT2D eigenvalue weighted by atomic mass is 10.1. The molecule has 1 aromatic rings. The molecule has 0 aliphatic heterocycles. The number of halogens is 2. The Kier molecular flexibility index (Phi) is 6.70. The highest BCUT2D eigenvalue weighted by atomic mass is 79.9. The molecule has 3 nitrogen and oxygen atoms in total. The van der Waals surface area contributed by atoms with Crippen molar-refractivity contribution < 1.29 is 9.18 Å². The second-order valence-corrected chi connectivity index (χ2v) is 7.56.